The van der Waals surface area contributed by atoms with Crippen molar-refractivity contribution < 1.29 is 17.9 Å². The first-order valence-electron chi connectivity index (χ1n) is 5.85. The molecule has 0 aliphatic rings. The fourth-order valence-corrected chi connectivity index (χ4v) is 1.62. The highest BCUT2D eigenvalue weighted by Gasteiger charge is 2.12. The molecule has 19 heavy (non-hydrogen) atoms. The molecule has 2 aromatic rings. The maximum Gasteiger partial charge on any atom is 0.253 e. The molecule has 1 aromatic carbocycles. The lowest BCUT2D eigenvalue weighted by molar-refractivity contribution is 0.274. The van der Waals surface area contributed by atoms with E-state index in [1.165, 1.54) is 0 Å². The first-order chi connectivity index (χ1) is 9.16. The Kier molecular flexibility index (Phi) is 4.39. The Labute approximate surface area is 108 Å². The number of halogens is 3. The van der Waals surface area contributed by atoms with Crippen LogP contribution in [0, 0.1) is 17.6 Å². The van der Waals surface area contributed by atoms with E-state index in [1.807, 2.05) is 30.3 Å². The summed E-state index contributed by atoms with van der Waals surface area (Å²) < 4.78 is 43.6. The predicted octanol–water partition coefficient (Wildman–Crippen LogP) is 3.51. The van der Waals surface area contributed by atoms with Gasteiger partial charge in [-0.25, -0.2) is 8.78 Å². The first-order valence-corrected chi connectivity index (χ1v) is 5.85. The van der Waals surface area contributed by atoms with Crippen LogP contribution in [0.4, 0.5) is 13.2 Å². The Morgan fingerprint density at radius 3 is 2.47 bits per heavy atom. The molecule has 0 aliphatic heterocycles. The molecule has 0 spiro atoms. The van der Waals surface area contributed by atoms with Crippen molar-refractivity contribution in [3.8, 4) is 5.88 Å². The van der Waals surface area contributed by atoms with Gasteiger partial charge in [0.1, 0.15) is 0 Å². The molecule has 0 atom stereocenters. The SMILES string of the molecule is Fc1cc(F)c(OCCCc2ccccc2)nc1F. The lowest BCUT2D eigenvalue weighted by Crippen LogP contribution is -2.05. The van der Waals surface area contributed by atoms with Crippen LogP contribution >= 0.6 is 0 Å². The summed E-state index contributed by atoms with van der Waals surface area (Å²) in [6.45, 7) is 0.184. The summed E-state index contributed by atoms with van der Waals surface area (Å²) in [5.41, 5.74) is 1.13. The third-order valence-electron chi connectivity index (χ3n) is 2.55. The van der Waals surface area contributed by atoms with Crippen molar-refractivity contribution in [1.29, 1.82) is 0 Å². The molecule has 0 radical (unpaired) electrons. The van der Waals surface area contributed by atoms with Crippen LogP contribution in [-0.2, 0) is 6.42 Å². The van der Waals surface area contributed by atoms with E-state index in [0.717, 1.165) is 12.0 Å². The van der Waals surface area contributed by atoms with Gasteiger partial charge in [-0.2, -0.15) is 9.37 Å². The molecule has 0 aliphatic carbocycles. The number of ether oxygens (including phenoxy) is 1. The van der Waals surface area contributed by atoms with Gasteiger partial charge in [0.05, 0.1) is 6.61 Å². The van der Waals surface area contributed by atoms with Crippen LogP contribution in [0.5, 0.6) is 5.88 Å². The van der Waals surface area contributed by atoms with E-state index in [1.54, 1.807) is 0 Å². The van der Waals surface area contributed by atoms with Crippen molar-refractivity contribution in [2.45, 2.75) is 12.8 Å². The van der Waals surface area contributed by atoms with Crippen LogP contribution in [0.15, 0.2) is 36.4 Å². The minimum absolute atomic E-state index is 0.184. The topological polar surface area (TPSA) is 22.1 Å². The van der Waals surface area contributed by atoms with E-state index in [-0.39, 0.29) is 6.61 Å². The van der Waals surface area contributed by atoms with Gasteiger partial charge in [0.25, 0.3) is 11.8 Å². The molecule has 0 fully saturated rings. The summed E-state index contributed by atoms with van der Waals surface area (Å²) in [7, 11) is 0. The normalized spacial score (nSPS) is 10.5. The summed E-state index contributed by atoms with van der Waals surface area (Å²) in [5, 5.41) is 0. The molecule has 0 amide bonds. The number of rotatable bonds is 5. The molecule has 0 unspecified atom stereocenters. The number of aryl methyl sites for hydroxylation is 1. The van der Waals surface area contributed by atoms with E-state index in [2.05, 4.69) is 4.98 Å². The highest BCUT2D eigenvalue weighted by molar-refractivity contribution is 5.16. The summed E-state index contributed by atoms with van der Waals surface area (Å²) >= 11 is 0. The second kappa shape index (κ2) is 6.22. The molecule has 2 rings (SSSR count). The Morgan fingerprint density at radius 1 is 1.00 bits per heavy atom. The van der Waals surface area contributed by atoms with Gasteiger partial charge in [0.15, 0.2) is 11.6 Å². The van der Waals surface area contributed by atoms with Gasteiger partial charge in [-0.15, -0.1) is 0 Å². The van der Waals surface area contributed by atoms with E-state index in [4.69, 9.17) is 4.74 Å². The lowest BCUT2D eigenvalue weighted by Gasteiger charge is -2.06. The van der Waals surface area contributed by atoms with Crippen molar-refractivity contribution >= 4 is 0 Å². The third kappa shape index (κ3) is 3.71. The summed E-state index contributed by atoms with van der Waals surface area (Å²) in [6.07, 6.45) is 1.39. The average molecular weight is 267 g/mol. The lowest BCUT2D eigenvalue weighted by atomic mass is 10.1. The summed E-state index contributed by atoms with van der Waals surface area (Å²) in [4.78, 5) is 3.08. The zero-order chi connectivity index (χ0) is 13.7. The Hall–Kier alpha value is -2.04. The first kappa shape index (κ1) is 13.4. The molecule has 1 heterocycles. The van der Waals surface area contributed by atoms with Gasteiger partial charge < -0.3 is 4.74 Å². The van der Waals surface area contributed by atoms with Gasteiger partial charge in [-0.05, 0) is 18.4 Å². The zero-order valence-corrected chi connectivity index (χ0v) is 10.1. The zero-order valence-electron chi connectivity index (χ0n) is 10.1. The number of nitrogens with zero attached hydrogens (tertiary/aromatic N) is 1. The number of pyridine rings is 1. The second-order valence-electron chi connectivity index (χ2n) is 3.99. The van der Waals surface area contributed by atoms with Crippen LogP contribution in [-0.4, -0.2) is 11.6 Å². The van der Waals surface area contributed by atoms with E-state index >= 15 is 0 Å². The van der Waals surface area contributed by atoms with Crippen molar-refractivity contribution in [1.82, 2.24) is 4.98 Å². The number of hydrogen-bond donors (Lipinski definition) is 0. The number of aromatic nitrogens is 1. The molecule has 0 N–H and O–H groups in total. The maximum absolute atomic E-state index is 13.2. The maximum atomic E-state index is 13.2. The van der Waals surface area contributed by atoms with E-state index in [0.29, 0.717) is 12.5 Å². The van der Waals surface area contributed by atoms with Crippen LogP contribution in [0.3, 0.4) is 0 Å². The molecular formula is C14H12F3NO. The Bertz CT molecular complexity index is 546. The minimum Gasteiger partial charge on any atom is -0.476 e. The van der Waals surface area contributed by atoms with Gasteiger partial charge >= 0.3 is 0 Å². The predicted molar refractivity (Wildman–Crippen MR) is 64.4 cm³/mol. The average Bonchev–Trinajstić information content (AvgIpc) is 2.41. The highest BCUT2D eigenvalue weighted by Crippen LogP contribution is 2.16. The molecule has 0 saturated carbocycles. The number of benzene rings is 1. The number of hydrogen-bond acceptors (Lipinski definition) is 2. The third-order valence-corrected chi connectivity index (χ3v) is 2.55. The van der Waals surface area contributed by atoms with Crippen LogP contribution in [0.2, 0.25) is 0 Å². The van der Waals surface area contributed by atoms with Gasteiger partial charge in [-0.3, -0.25) is 0 Å². The molecule has 2 nitrogen and oxygen atoms in total. The molecule has 100 valence electrons. The Balaban J connectivity index is 1.85. The van der Waals surface area contributed by atoms with Crippen LogP contribution < -0.4 is 4.74 Å². The molecule has 1 aromatic heterocycles. The second-order valence-corrected chi connectivity index (χ2v) is 3.99. The quantitative estimate of drug-likeness (QED) is 0.611. The molecule has 0 bridgehead atoms. The van der Waals surface area contributed by atoms with Gasteiger partial charge in [0.2, 0.25) is 0 Å². The van der Waals surface area contributed by atoms with Crippen molar-refractivity contribution in [3.63, 3.8) is 0 Å². The van der Waals surface area contributed by atoms with Crippen molar-refractivity contribution in [2.24, 2.45) is 0 Å². The molecule has 5 heteroatoms. The van der Waals surface area contributed by atoms with Crippen molar-refractivity contribution in [3.05, 3.63) is 59.5 Å². The minimum atomic E-state index is -1.36. The van der Waals surface area contributed by atoms with Gasteiger partial charge in [0, 0.05) is 6.07 Å². The smallest absolute Gasteiger partial charge is 0.253 e. The monoisotopic (exact) mass is 267 g/mol. The fraction of sp³-hybridized carbons (Fsp3) is 0.214. The van der Waals surface area contributed by atoms with E-state index < -0.39 is 23.5 Å². The largest absolute Gasteiger partial charge is 0.476 e. The van der Waals surface area contributed by atoms with Crippen LogP contribution in [0.1, 0.15) is 12.0 Å². The fourth-order valence-electron chi connectivity index (χ4n) is 1.62. The highest BCUT2D eigenvalue weighted by atomic mass is 19.2. The van der Waals surface area contributed by atoms with Crippen molar-refractivity contribution in [2.75, 3.05) is 6.61 Å². The Morgan fingerprint density at radius 2 is 1.74 bits per heavy atom. The summed E-state index contributed by atoms with van der Waals surface area (Å²) in [6, 6.07) is 10.1. The standard InChI is InChI=1S/C14H12F3NO/c15-11-9-12(16)14(18-13(11)17)19-8-4-7-10-5-2-1-3-6-10/h1-3,5-6,9H,4,7-8H2. The molecule has 0 saturated heterocycles. The van der Waals surface area contributed by atoms with Crippen LogP contribution in [0.25, 0.3) is 0 Å². The summed E-state index contributed by atoms with van der Waals surface area (Å²) in [5.74, 6) is -4.20. The van der Waals surface area contributed by atoms with E-state index in [9.17, 15) is 13.2 Å². The van der Waals surface area contributed by atoms with Gasteiger partial charge in [-0.1, -0.05) is 30.3 Å². The molecular weight excluding hydrogens is 255 g/mol.